The summed E-state index contributed by atoms with van der Waals surface area (Å²) in [5, 5.41) is 14.3. The molecule has 5 aliphatic rings. The van der Waals surface area contributed by atoms with Gasteiger partial charge in [-0.05, 0) is 87.8 Å². The van der Waals surface area contributed by atoms with Crippen molar-refractivity contribution in [3.05, 3.63) is 47.8 Å². The number of aliphatic carboxylic acids is 1. The number of halogens is 1. The van der Waals surface area contributed by atoms with Crippen molar-refractivity contribution < 1.29 is 28.6 Å². The number of hydrogen-bond acceptors (Lipinski definition) is 6. The van der Waals surface area contributed by atoms with Gasteiger partial charge in [0, 0.05) is 31.5 Å². The molecule has 1 N–H and O–H groups in total. The number of fused-ring (bicyclic) bond motifs is 3. The lowest BCUT2D eigenvalue weighted by Gasteiger charge is -2.51. The molecule has 39 heavy (non-hydrogen) atoms. The molecule has 0 amide bonds. The van der Waals surface area contributed by atoms with E-state index in [1.165, 1.54) is 12.1 Å². The standard InChI is InChI=1S/C31H37FN2O5/c1-3-37-24-15-21(16-25(38-4-2)27(24)22-5-7-23(32)8-6-22)18-34-19-31(20-34)17-26(33-39-31)29-9-12-30(13-10-29,14-11-29)28(35)36/h5-8,15-16H,3-4,9-14,17-20H2,1-2H3,(H,35,36). The van der Waals surface area contributed by atoms with Crippen LogP contribution < -0.4 is 9.47 Å². The summed E-state index contributed by atoms with van der Waals surface area (Å²) in [6.07, 6.45) is 5.80. The molecule has 0 aromatic heterocycles. The summed E-state index contributed by atoms with van der Waals surface area (Å²) < 4.78 is 25.7. The van der Waals surface area contributed by atoms with Crippen molar-refractivity contribution in [3.63, 3.8) is 0 Å². The molecule has 7 nitrogen and oxygen atoms in total. The van der Waals surface area contributed by atoms with Crippen molar-refractivity contribution in [1.29, 1.82) is 0 Å². The number of ether oxygens (including phenoxy) is 2. The van der Waals surface area contributed by atoms with Crippen molar-refractivity contribution in [1.82, 2.24) is 4.90 Å². The highest BCUT2D eigenvalue weighted by Crippen LogP contribution is 2.59. The monoisotopic (exact) mass is 536 g/mol. The van der Waals surface area contributed by atoms with Gasteiger partial charge >= 0.3 is 5.97 Å². The van der Waals surface area contributed by atoms with E-state index in [4.69, 9.17) is 14.3 Å². The van der Waals surface area contributed by atoms with Gasteiger partial charge in [0.1, 0.15) is 17.3 Å². The second kappa shape index (κ2) is 9.81. The predicted octanol–water partition coefficient (Wildman–Crippen LogP) is 6.05. The van der Waals surface area contributed by atoms with Gasteiger partial charge in [-0.15, -0.1) is 0 Å². The van der Waals surface area contributed by atoms with E-state index in [0.717, 1.165) is 98.5 Å². The van der Waals surface area contributed by atoms with Gasteiger partial charge in [0.25, 0.3) is 0 Å². The second-order valence-corrected chi connectivity index (χ2v) is 11.8. The molecule has 2 heterocycles. The van der Waals surface area contributed by atoms with E-state index in [1.807, 2.05) is 13.8 Å². The average molecular weight is 537 g/mol. The molecule has 7 rings (SSSR count). The Bertz CT molecular complexity index is 1230. The number of carbonyl (C=O) groups is 1. The Morgan fingerprint density at radius 2 is 1.59 bits per heavy atom. The number of oxime groups is 1. The van der Waals surface area contributed by atoms with Crippen LogP contribution in [0.1, 0.15) is 64.4 Å². The molecular formula is C31H37FN2O5. The zero-order valence-corrected chi connectivity index (χ0v) is 22.8. The topological polar surface area (TPSA) is 80.6 Å². The van der Waals surface area contributed by atoms with Crippen molar-refractivity contribution >= 4 is 11.7 Å². The maximum absolute atomic E-state index is 13.6. The van der Waals surface area contributed by atoms with E-state index in [9.17, 15) is 14.3 Å². The molecule has 2 bridgehead atoms. The Balaban J connectivity index is 1.14. The molecule has 3 aliphatic carbocycles. The first-order chi connectivity index (χ1) is 18.8. The van der Waals surface area contributed by atoms with Crippen LogP contribution in [0.2, 0.25) is 0 Å². The maximum Gasteiger partial charge on any atom is 0.309 e. The summed E-state index contributed by atoms with van der Waals surface area (Å²) in [7, 11) is 0. The molecule has 0 unspecified atom stereocenters. The van der Waals surface area contributed by atoms with Crippen molar-refractivity contribution in [2.45, 2.75) is 70.9 Å². The van der Waals surface area contributed by atoms with Gasteiger partial charge in [-0.3, -0.25) is 9.69 Å². The second-order valence-electron chi connectivity index (χ2n) is 11.8. The summed E-state index contributed by atoms with van der Waals surface area (Å²) in [5.74, 6) is 0.555. The Labute approximate surface area is 228 Å². The molecule has 1 saturated heterocycles. The quantitative estimate of drug-likeness (QED) is 0.421. The molecular weight excluding hydrogens is 499 g/mol. The molecule has 8 heteroatoms. The lowest BCUT2D eigenvalue weighted by Crippen LogP contribution is -2.61. The van der Waals surface area contributed by atoms with Gasteiger partial charge in [0.05, 0.1) is 29.9 Å². The zero-order chi connectivity index (χ0) is 27.3. The minimum Gasteiger partial charge on any atom is -0.493 e. The smallest absolute Gasteiger partial charge is 0.309 e. The highest BCUT2D eigenvalue weighted by atomic mass is 19.1. The largest absolute Gasteiger partial charge is 0.493 e. The van der Waals surface area contributed by atoms with Crippen LogP contribution in [0.5, 0.6) is 11.5 Å². The molecule has 4 fully saturated rings. The molecule has 3 saturated carbocycles. The lowest BCUT2D eigenvalue weighted by molar-refractivity contribution is -0.156. The van der Waals surface area contributed by atoms with Gasteiger partial charge in [-0.25, -0.2) is 4.39 Å². The number of hydrogen-bond donors (Lipinski definition) is 1. The number of carboxylic acids is 1. The molecule has 208 valence electrons. The van der Waals surface area contributed by atoms with Crippen LogP contribution in [0.4, 0.5) is 4.39 Å². The van der Waals surface area contributed by atoms with Crippen LogP contribution in [-0.2, 0) is 16.2 Å². The molecule has 1 spiro atoms. The number of rotatable bonds is 9. The minimum absolute atomic E-state index is 0.0239. The summed E-state index contributed by atoms with van der Waals surface area (Å²) >= 11 is 0. The highest BCUT2D eigenvalue weighted by molar-refractivity contribution is 5.93. The van der Waals surface area contributed by atoms with E-state index in [2.05, 4.69) is 22.2 Å². The summed E-state index contributed by atoms with van der Waals surface area (Å²) in [6, 6.07) is 10.5. The van der Waals surface area contributed by atoms with Crippen molar-refractivity contribution in [2.75, 3.05) is 26.3 Å². The van der Waals surface area contributed by atoms with Gasteiger partial charge in [0.15, 0.2) is 5.60 Å². The third-order valence-electron chi connectivity index (χ3n) is 9.44. The van der Waals surface area contributed by atoms with Crippen LogP contribution in [0.15, 0.2) is 41.6 Å². The van der Waals surface area contributed by atoms with Crippen molar-refractivity contribution in [2.24, 2.45) is 16.0 Å². The van der Waals surface area contributed by atoms with E-state index >= 15 is 0 Å². The number of likely N-dealkylation sites (tertiary alicyclic amines) is 1. The molecule has 2 aromatic carbocycles. The first-order valence-electron chi connectivity index (χ1n) is 14.2. The van der Waals surface area contributed by atoms with Crippen LogP contribution in [0.3, 0.4) is 0 Å². The molecule has 2 aromatic rings. The average Bonchev–Trinajstić information content (AvgIpc) is 3.37. The number of carboxylic acid groups (broad SMARTS) is 1. The Morgan fingerprint density at radius 3 is 2.13 bits per heavy atom. The van der Waals surface area contributed by atoms with Gasteiger partial charge < -0.3 is 19.4 Å². The van der Waals surface area contributed by atoms with Gasteiger partial charge in [-0.1, -0.05) is 17.3 Å². The highest BCUT2D eigenvalue weighted by Gasteiger charge is 2.59. The van der Waals surface area contributed by atoms with Crippen LogP contribution in [0.25, 0.3) is 11.1 Å². The fraction of sp³-hybridized carbons (Fsp3) is 0.548. The normalized spacial score (nSPS) is 27.1. The first-order valence-corrected chi connectivity index (χ1v) is 14.2. The maximum atomic E-state index is 13.6. The Kier molecular flexibility index (Phi) is 6.57. The van der Waals surface area contributed by atoms with Gasteiger partial charge in [0.2, 0.25) is 0 Å². The third kappa shape index (κ3) is 4.56. The SMILES string of the molecule is CCOc1cc(CN2CC3(CC(C45CCC(C(=O)O)(CC4)CC5)=NO3)C2)cc(OCC)c1-c1ccc(F)cc1. The van der Waals surface area contributed by atoms with Crippen LogP contribution >= 0.6 is 0 Å². The summed E-state index contributed by atoms with van der Waals surface area (Å²) in [5.41, 5.74) is 3.17. The van der Waals surface area contributed by atoms with E-state index in [-0.39, 0.29) is 16.8 Å². The molecule has 2 aliphatic heterocycles. The van der Waals surface area contributed by atoms with E-state index < -0.39 is 11.4 Å². The lowest BCUT2D eigenvalue weighted by atomic mass is 9.51. The fourth-order valence-corrected chi connectivity index (χ4v) is 7.23. The van der Waals surface area contributed by atoms with Crippen LogP contribution in [-0.4, -0.2) is 53.6 Å². The predicted molar refractivity (Wildman–Crippen MR) is 146 cm³/mol. The fourth-order valence-electron chi connectivity index (χ4n) is 7.23. The summed E-state index contributed by atoms with van der Waals surface area (Å²) in [6.45, 7) is 7.26. The third-order valence-corrected chi connectivity index (χ3v) is 9.44. The zero-order valence-electron chi connectivity index (χ0n) is 22.8. The van der Waals surface area contributed by atoms with Crippen molar-refractivity contribution in [3.8, 4) is 22.6 Å². The minimum atomic E-state index is -0.628. The molecule has 0 atom stereocenters. The number of nitrogens with zero attached hydrogens (tertiary/aromatic N) is 2. The molecule has 0 radical (unpaired) electrons. The number of benzene rings is 2. The van der Waals surface area contributed by atoms with Crippen LogP contribution in [0, 0.1) is 16.6 Å². The Morgan fingerprint density at radius 1 is 1.00 bits per heavy atom. The summed E-state index contributed by atoms with van der Waals surface area (Å²) in [4.78, 5) is 20.3. The van der Waals surface area contributed by atoms with E-state index in [1.54, 1.807) is 12.1 Å². The first kappa shape index (κ1) is 26.1. The van der Waals surface area contributed by atoms with E-state index in [0.29, 0.717) is 13.2 Å². The Hall–Kier alpha value is -3.13. The van der Waals surface area contributed by atoms with Gasteiger partial charge in [-0.2, -0.15) is 0 Å².